The minimum Gasteiger partial charge on any atom is -0.387 e. The third-order valence-electron chi connectivity index (χ3n) is 3.51. The molecule has 2 amide bonds. The lowest BCUT2D eigenvalue weighted by molar-refractivity contribution is -0.139. The Morgan fingerprint density at radius 1 is 1.40 bits per heavy atom. The standard InChI is InChI=1S/C14H19N3O3/c1-15-13(19)14(20)16-8-12(18)10-3-4-11-9(7-10)5-6-17(11)2/h3-4,7,12,18H,5-6,8H2,1-2H3,(H,15,19)(H,16,20)/t12-/m1/s1. The first-order chi connectivity index (χ1) is 9.52. The van der Waals surface area contributed by atoms with Gasteiger partial charge in [0.15, 0.2) is 0 Å². The van der Waals surface area contributed by atoms with Gasteiger partial charge >= 0.3 is 11.8 Å². The number of nitrogens with one attached hydrogen (secondary N) is 2. The Morgan fingerprint density at radius 2 is 2.15 bits per heavy atom. The molecule has 0 fully saturated rings. The third kappa shape index (κ3) is 2.91. The van der Waals surface area contributed by atoms with Gasteiger partial charge in [-0.3, -0.25) is 9.59 Å². The molecule has 1 heterocycles. The molecule has 1 aromatic rings. The second kappa shape index (κ2) is 5.92. The van der Waals surface area contributed by atoms with Crippen LogP contribution in [0.3, 0.4) is 0 Å². The number of rotatable bonds is 3. The van der Waals surface area contributed by atoms with Crippen molar-refractivity contribution in [1.82, 2.24) is 10.6 Å². The summed E-state index contributed by atoms with van der Waals surface area (Å²) in [7, 11) is 3.42. The van der Waals surface area contributed by atoms with Gasteiger partial charge in [-0.1, -0.05) is 12.1 Å². The molecular formula is C14H19N3O3. The van der Waals surface area contributed by atoms with Gasteiger partial charge in [-0.15, -0.1) is 0 Å². The van der Waals surface area contributed by atoms with Crippen molar-refractivity contribution in [3.8, 4) is 0 Å². The molecule has 3 N–H and O–H groups in total. The number of hydrogen-bond donors (Lipinski definition) is 3. The molecule has 1 atom stereocenters. The fourth-order valence-corrected chi connectivity index (χ4v) is 2.29. The summed E-state index contributed by atoms with van der Waals surface area (Å²) in [6, 6.07) is 5.77. The van der Waals surface area contributed by atoms with Crippen molar-refractivity contribution < 1.29 is 14.7 Å². The van der Waals surface area contributed by atoms with Gasteiger partial charge in [-0.25, -0.2) is 0 Å². The topological polar surface area (TPSA) is 81.7 Å². The van der Waals surface area contributed by atoms with Gasteiger partial charge in [-0.2, -0.15) is 0 Å². The molecule has 108 valence electrons. The van der Waals surface area contributed by atoms with Crippen LogP contribution in [0.2, 0.25) is 0 Å². The van der Waals surface area contributed by atoms with Crippen molar-refractivity contribution in [2.24, 2.45) is 0 Å². The maximum Gasteiger partial charge on any atom is 0.309 e. The summed E-state index contributed by atoms with van der Waals surface area (Å²) in [5.41, 5.74) is 3.12. The number of fused-ring (bicyclic) bond motifs is 1. The lowest BCUT2D eigenvalue weighted by Gasteiger charge is -2.15. The molecule has 6 nitrogen and oxygen atoms in total. The summed E-state index contributed by atoms with van der Waals surface area (Å²) < 4.78 is 0. The van der Waals surface area contributed by atoms with E-state index >= 15 is 0 Å². The van der Waals surface area contributed by atoms with E-state index in [0.29, 0.717) is 0 Å². The van der Waals surface area contributed by atoms with Gasteiger partial charge in [0.2, 0.25) is 0 Å². The summed E-state index contributed by atoms with van der Waals surface area (Å²) >= 11 is 0. The second-order valence-corrected chi connectivity index (χ2v) is 4.86. The highest BCUT2D eigenvalue weighted by atomic mass is 16.3. The molecule has 6 heteroatoms. The van der Waals surface area contributed by atoms with Crippen LogP contribution in [0, 0.1) is 0 Å². The monoisotopic (exact) mass is 277 g/mol. The number of aliphatic hydroxyl groups excluding tert-OH is 1. The Kier molecular flexibility index (Phi) is 4.24. The predicted octanol–water partition coefficient (Wildman–Crippen LogP) is -0.425. The first-order valence-electron chi connectivity index (χ1n) is 6.55. The normalized spacial score (nSPS) is 14.7. The van der Waals surface area contributed by atoms with E-state index in [4.69, 9.17) is 0 Å². The molecule has 2 rings (SSSR count). The predicted molar refractivity (Wildman–Crippen MR) is 75.5 cm³/mol. The van der Waals surface area contributed by atoms with Crippen molar-refractivity contribution >= 4 is 17.5 Å². The van der Waals surface area contributed by atoms with Gasteiger partial charge in [0.05, 0.1) is 6.10 Å². The lowest BCUT2D eigenvalue weighted by atomic mass is 10.0. The van der Waals surface area contributed by atoms with Gasteiger partial charge in [0, 0.05) is 32.9 Å². The van der Waals surface area contributed by atoms with Crippen molar-refractivity contribution in [3.05, 3.63) is 29.3 Å². The van der Waals surface area contributed by atoms with Gasteiger partial charge in [0.1, 0.15) is 0 Å². The molecule has 1 aromatic carbocycles. The highest BCUT2D eigenvalue weighted by Gasteiger charge is 2.19. The van der Waals surface area contributed by atoms with E-state index in [-0.39, 0.29) is 6.54 Å². The molecule has 0 aliphatic carbocycles. The Morgan fingerprint density at radius 3 is 2.85 bits per heavy atom. The molecule has 1 aliphatic rings. The van der Waals surface area contributed by atoms with Crippen LogP contribution in [0.5, 0.6) is 0 Å². The lowest BCUT2D eigenvalue weighted by Crippen LogP contribution is -2.39. The third-order valence-corrected chi connectivity index (χ3v) is 3.51. The summed E-state index contributed by atoms with van der Waals surface area (Å²) in [4.78, 5) is 24.5. The van der Waals surface area contributed by atoms with E-state index in [0.717, 1.165) is 18.5 Å². The first-order valence-corrected chi connectivity index (χ1v) is 6.55. The number of amides is 2. The zero-order valence-electron chi connectivity index (χ0n) is 11.6. The number of nitrogens with zero attached hydrogens (tertiary/aromatic N) is 1. The SMILES string of the molecule is CNC(=O)C(=O)NC[C@@H](O)c1ccc2c(c1)CCN2C. The second-order valence-electron chi connectivity index (χ2n) is 4.86. The van der Waals surface area contributed by atoms with Crippen LogP contribution < -0.4 is 15.5 Å². The zero-order chi connectivity index (χ0) is 14.7. The number of likely N-dealkylation sites (N-methyl/N-ethyl adjacent to an activating group) is 2. The van der Waals surface area contributed by atoms with Crippen molar-refractivity contribution in [3.63, 3.8) is 0 Å². The summed E-state index contributed by atoms with van der Waals surface area (Å²) in [6.45, 7) is 0.989. The van der Waals surface area contributed by atoms with Gasteiger partial charge < -0.3 is 20.6 Å². The van der Waals surface area contributed by atoms with Crippen LogP contribution in [0.1, 0.15) is 17.2 Å². The summed E-state index contributed by atoms with van der Waals surface area (Å²) in [6.07, 6.45) is 0.136. The molecule has 0 saturated heterocycles. The molecule has 0 aromatic heterocycles. The number of carbonyl (C=O) groups is 2. The maximum atomic E-state index is 11.3. The Hall–Kier alpha value is -2.08. The minimum absolute atomic E-state index is 0.0148. The van der Waals surface area contributed by atoms with E-state index in [9.17, 15) is 14.7 Å². The number of aliphatic hydroxyl groups is 1. The molecule has 0 unspecified atom stereocenters. The Balaban J connectivity index is 1.98. The number of hydrogen-bond acceptors (Lipinski definition) is 4. The van der Waals surface area contributed by atoms with Crippen LogP contribution in [0.4, 0.5) is 5.69 Å². The first kappa shape index (κ1) is 14.3. The fraction of sp³-hybridized carbons (Fsp3) is 0.429. The molecule has 20 heavy (non-hydrogen) atoms. The number of carbonyl (C=O) groups excluding carboxylic acids is 2. The van der Waals surface area contributed by atoms with Crippen molar-refractivity contribution in [1.29, 1.82) is 0 Å². The van der Waals surface area contributed by atoms with E-state index in [1.807, 2.05) is 25.2 Å². The molecule has 1 aliphatic heterocycles. The van der Waals surface area contributed by atoms with Crippen molar-refractivity contribution in [2.75, 3.05) is 32.1 Å². The van der Waals surface area contributed by atoms with Gasteiger partial charge in [0.25, 0.3) is 0 Å². The van der Waals surface area contributed by atoms with Crippen LogP contribution in [0.25, 0.3) is 0 Å². The van der Waals surface area contributed by atoms with E-state index in [1.54, 1.807) is 0 Å². The van der Waals surface area contributed by atoms with Gasteiger partial charge in [-0.05, 0) is 23.6 Å². The minimum atomic E-state index is -0.820. The van der Waals surface area contributed by atoms with Crippen LogP contribution >= 0.6 is 0 Å². The van der Waals surface area contributed by atoms with Crippen LogP contribution in [-0.4, -0.2) is 44.1 Å². The van der Waals surface area contributed by atoms with E-state index in [2.05, 4.69) is 15.5 Å². The largest absolute Gasteiger partial charge is 0.387 e. The van der Waals surface area contributed by atoms with Crippen LogP contribution in [0.15, 0.2) is 18.2 Å². The Bertz CT molecular complexity index is 530. The molecular weight excluding hydrogens is 258 g/mol. The van der Waals surface area contributed by atoms with Crippen LogP contribution in [-0.2, 0) is 16.0 Å². The maximum absolute atomic E-state index is 11.3. The zero-order valence-corrected chi connectivity index (χ0v) is 11.6. The summed E-state index contributed by atoms with van der Waals surface area (Å²) in [5.74, 6) is -1.46. The average molecular weight is 277 g/mol. The molecule has 0 radical (unpaired) electrons. The number of benzene rings is 1. The molecule has 0 spiro atoms. The highest BCUT2D eigenvalue weighted by molar-refractivity contribution is 6.35. The van der Waals surface area contributed by atoms with E-state index in [1.165, 1.54) is 18.3 Å². The molecule has 0 saturated carbocycles. The molecule has 0 bridgehead atoms. The number of anilines is 1. The highest BCUT2D eigenvalue weighted by Crippen LogP contribution is 2.29. The fourth-order valence-electron chi connectivity index (χ4n) is 2.29. The Labute approximate surface area is 117 Å². The summed E-state index contributed by atoms with van der Waals surface area (Å²) in [5, 5.41) is 14.7. The quantitative estimate of drug-likeness (QED) is 0.655. The average Bonchev–Trinajstić information content (AvgIpc) is 2.84. The smallest absolute Gasteiger partial charge is 0.309 e. The van der Waals surface area contributed by atoms with E-state index < -0.39 is 17.9 Å². The van der Waals surface area contributed by atoms with Crippen molar-refractivity contribution in [2.45, 2.75) is 12.5 Å².